The van der Waals surface area contributed by atoms with E-state index in [1.807, 2.05) is 11.9 Å². The van der Waals surface area contributed by atoms with Gasteiger partial charge in [-0.2, -0.15) is 0 Å². The number of hydrogen-bond acceptors (Lipinski definition) is 4. The number of hydrogen-bond donors (Lipinski definition) is 2. The molecule has 1 aromatic heterocycles. The maximum absolute atomic E-state index is 13.5. The number of likely N-dealkylation sites (tertiary alicyclic amines) is 1. The fraction of sp³-hybridized carbons (Fsp3) is 0.333. The number of carbonyl (C=O) groups excluding carboxylic acids is 1. The zero-order chi connectivity index (χ0) is 16.4. The highest BCUT2D eigenvalue weighted by Gasteiger charge is 2.34. The average molecular weight is 322 g/mol. The molecule has 0 saturated carbocycles. The van der Waals surface area contributed by atoms with Crippen molar-refractivity contribution in [3.05, 3.63) is 47.7 Å². The largest absolute Gasteiger partial charge is 0.363 e. The summed E-state index contributed by atoms with van der Waals surface area (Å²) in [4.78, 5) is 14.0. The monoisotopic (exact) mass is 322 g/mol. The van der Waals surface area contributed by atoms with Crippen LogP contribution in [0, 0.1) is 11.6 Å². The van der Waals surface area contributed by atoms with Crippen molar-refractivity contribution in [1.29, 1.82) is 0 Å². The molecular weight excluding hydrogens is 306 g/mol. The molecule has 2 aromatic rings. The predicted molar refractivity (Wildman–Crippen MR) is 78.8 cm³/mol. The summed E-state index contributed by atoms with van der Waals surface area (Å²) in [7, 11) is 1.88. The quantitative estimate of drug-likeness (QED) is 0.911. The van der Waals surface area contributed by atoms with Crippen molar-refractivity contribution in [3.8, 4) is 0 Å². The average Bonchev–Trinajstić information content (AvgIpc) is 3.12. The molecule has 1 aliphatic heterocycles. The summed E-state index contributed by atoms with van der Waals surface area (Å²) in [6.45, 7) is 0.735. The second-order valence-corrected chi connectivity index (χ2v) is 5.48. The number of amides is 2. The number of nitrogens with one attached hydrogen (secondary N) is 2. The van der Waals surface area contributed by atoms with Gasteiger partial charge in [-0.05, 0) is 31.2 Å². The number of likely N-dealkylation sites (N-methyl/N-ethyl adjacent to an activating group) is 1. The molecule has 1 aromatic carbocycles. The van der Waals surface area contributed by atoms with Crippen molar-refractivity contribution in [2.45, 2.75) is 18.5 Å². The molecule has 8 heteroatoms. The zero-order valence-corrected chi connectivity index (χ0v) is 12.4. The summed E-state index contributed by atoms with van der Waals surface area (Å²) in [6, 6.07) is 4.45. The minimum absolute atomic E-state index is 0.225. The lowest BCUT2D eigenvalue weighted by Crippen LogP contribution is -2.41. The van der Waals surface area contributed by atoms with Gasteiger partial charge in [-0.15, -0.1) is 0 Å². The molecule has 3 rings (SSSR count). The summed E-state index contributed by atoms with van der Waals surface area (Å²) in [5.41, 5.74) is 0.621. The van der Waals surface area contributed by atoms with Crippen molar-refractivity contribution in [2.75, 3.05) is 18.9 Å². The van der Waals surface area contributed by atoms with Gasteiger partial charge < -0.3 is 9.84 Å². The van der Waals surface area contributed by atoms with Crippen LogP contribution in [0.1, 0.15) is 18.0 Å². The first-order valence-corrected chi connectivity index (χ1v) is 7.17. The lowest BCUT2D eigenvalue weighted by Gasteiger charge is -2.26. The Balaban J connectivity index is 1.73. The third kappa shape index (κ3) is 3.31. The van der Waals surface area contributed by atoms with E-state index in [1.54, 1.807) is 0 Å². The van der Waals surface area contributed by atoms with Crippen molar-refractivity contribution >= 4 is 11.8 Å². The molecule has 2 heterocycles. The van der Waals surface area contributed by atoms with Crippen molar-refractivity contribution in [1.82, 2.24) is 15.4 Å². The Hall–Kier alpha value is -2.48. The fourth-order valence-corrected chi connectivity index (χ4v) is 2.88. The molecule has 1 fully saturated rings. The van der Waals surface area contributed by atoms with Gasteiger partial charge in [0.15, 0.2) is 17.5 Å². The van der Waals surface area contributed by atoms with E-state index in [-0.39, 0.29) is 12.1 Å². The van der Waals surface area contributed by atoms with Gasteiger partial charge in [0.05, 0.1) is 12.1 Å². The number of halogens is 2. The molecule has 6 nitrogen and oxygen atoms in total. The number of aromatic nitrogens is 1. The van der Waals surface area contributed by atoms with Crippen LogP contribution in [0.15, 0.2) is 35.1 Å². The third-order valence-corrected chi connectivity index (χ3v) is 3.93. The number of urea groups is 1. The van der Waals surface area contributed by atoms with Crippen LogP contribution in [0.5, 0.6) is 0 Å². The lowest BCUT2D eigenvalue weighted by atomic mass is 10.00. The van der Waals surface area contributed by atoms with E-state index in [9.17, 15) is 13.6 Å². The molecule has 23 heavy (non-hydrogen) atoms. The highest BCUT2D eigenvalue weighted by Crippen LogP contribution is 2.31. The maximum atomic E-state index is 13.5. The molecular formula is C15H16F2N4O2. The Kier molecular flexibility index (Phi) is 4.24. The highest BCUT2D eigenvalue weighted by atomic mass is 19.2. The first-order valence-electron chi connectivity index (χ1n) is 7.17. The van der Waals surface area contributed by atoms with Crippen molar-refractivity contribution in [3.63, 3.8) is 0 Å². The van der Waals surface area contributed by atoms with E-state index in [0.29, 0.717) is 17.8 Å². The van der Waals surface area contributed by atoms with Gasteiger partial charge in [-0.3, -0.25) is 10.2 Å². The Bertz CT molecular complexity index is 693. The van der Waals surface area contributed by atoms with Crippen molar-refractivity contribution < 1.29 is 18.1 Å². The van der Waals surface area contributed by atoms with Crippen LogP contribution in [0.25, 0.3) is 0 Å². The molecule has 1 saturated heterocycles. The lowest BCUT2D eigenvalue weighted by molar-refractivity contribution is 0.240. The van der Waals surface area contributed by atoms with Gasteiger partial charge in [0.25, 0.3) is 0 Å². The van der Waals surface area contributed by atoms with Gasteiger partial charge in [0, 0.05) is 12.6 Å². The second kappa shape index (κ2) is 6.33. The summed E-state index contributed by atoms with van der Waals surface area (Å²) in [5, 5.41) is 8.98. The molecule has 0 spiro atoms. The normalized spacial score (nSPS) is 21.3. The van der Waals surface area contributed by atoms with E-state index in [0.717, 1.165) is 12.6 Å². The minimum atomic E-state index is -0.895. The Morgan fingerprint density at radius 2 is 2.17 bits per heavy atom. The molecule has 0 unspecified atom stereocenters. The van der Waals surface area contributed by atoms with Gasteiger partial charge in [-0.25, -0.2) is 13.6 Å². The molecule has 0 bridgehead atoms. The van der Waals surface area contributed by atoms with Crippen LogP contribution >= 0.6 is 0 Å². The smallest absolute Gasteiger partial charge is 0.320 e. The number of benzene rings is 1. The SMILES string of the molecule is CN1CC[C@@H](NC(=O)Nc2ccon2)[C@H]1c1ccc(F)c(F)c1. The molecule has 1 aliphatic rings. The van der Waals surface area contributed by atoms with E-state index < -0.39 is 17.7 Å². The molecule has 2 N–H and O–H groups in total. The van der Waals surface area contributed by atoms with E-state index in [2.05, 4.69) is 20.3 Å². The highest BCUT2D eigenvalue weighted by molar-refractivity contribution is 5.88. The van der Waals surface area contributed by atoms with E-state index in [1.165, 1.54) is 24.5 Å². The molecule has 0 aliphatic carbocycles. The van der Waals surface area contributed by atoms with Gasteiger partial charge in [0.1, 0.15) is 6.26 Å². The van der Waals surface area contributed by atoms with E-state index in [4.69, 9.17) is 0 Å². The molecule has 2 atom stereocenters. The Morgan fingerprint density at radius 3 is 2.87 bits per heavy atom. The number of anilines is 1. The number of rotatable bonds is 3. The van der Waals surface area contributed by atoms with Crippen LogP contribution < -0.4 is 10.6 Å². The maximum Gasteiger partial charge on any atom is 0.320 e. The van der Waals surface area contributed by atoms with Crippen LogP contribution in [0.2, 0.25) is 0 Å². The number of nitrogens with zero attached hydrogens (tertiary/aromatic N) is 2. The van der Waals surface area contributed by atoms with Gasteiger partial charge in [0.2, 0.25) is 0 Å². The standard InChI is InChI=1S/C15H16F2N4O2/c1-21-6-4-12(18-15(22)19-13-5-7-23-20-13)14(21)9-2-3-10(16)11(17)8-9/h2-3,5,7-8,12,14H,4,6H2,1H3,(H2,18,19,20,22)/t12-,14-/m1/s1. The van der Waals surface area contributed by atoms with Crippen LogP contribution in [0.4, 0.5) is 19.4 Å². The Morgan fingerprint density at radius 1 is 1.35 bits per heavy atom. The summed E-state index contributed by atoms with van der Waals surface area (Å²) in [5.74, 6) is -1.48. The van der Waals surface area contributed by atoms with Crippen LogP contribution in [0.3, 0.4) is 0 Å². The summed E-state index contributed by atoms with van der Waals surface area (Å²) in [6.07, 6.45) is 2.05. The summed E-state index contributed by atoms with van der Waals surface area (Å²) < 4.78 is 31.2. The van der Waals surface area contributed by atoms with E-state index >= 15 is 0 Å². The van der Waals surface area contributed by atoms with Crippen molar-refractivity contribution in [2.24, 2.45) is 0 Å². The van der Waals surface area contributed by atoms with Crippen LogP contribution in [-0.4, -0.2) is 35.7 Å². The predicted octanol–water partition coefficient (Wildman–Crippen LogP) is 2.52. The first-order chi connectivity index (χ1) is 11.0. The number of carbonyl (C=O) groups is 1. The van der Waals surface area contributed by atoms with Crippen LogP contribution in [-0.2, 0) is 0 Å². The van der Waals surface area contributed by atoms with Gasteiger partial charge in [-0.1, -0.05) is 11.2 Å². The first kappa shape index (κ1) is 15.4. The van der Waals surface area contributed by atoms with Gasteiger partial charge >= 0.3 is 6.03 Å². The molecule has 0 radical (unpaired) electrons. The molecule has 122 valence electrons. The fourth-order valence-electron chi connectivity index (χ4n) is 2.88. The zero-order valence-electron chi connectivity index (χ0n) is 12.4. The topological polar surface area (TPSA) is 70.4 Å². The molecule has 2 amide bonds. The third-order valence-electron chi connectivity index (χ3n) is 3.93. The second-order valence-electron chi connectivity index (χ2n) is 5.48. The Labute approximate surface area is 131 Å². The minimum Gasteiger partial charge on any atom is -0.363 e. The summed E-state index contributed by atoms with van der Waals surface area (Å²) >= 11 is 0.